The van der Waals surface area contributed by atoms with Gasteiger partial charge in [-0.1, -0.05) is 30.3 Å². The average molecular weight is 303 g/mol. The molecule has 0 unspecified atom stereocenters. The van der Waals surface area contributed by atoms with Crippen molar-refractivity contribution < 1.29 is 19.4 Å². The molecule has 1 aromatic carbocycles. The number of hydrogen-bond acceptors (Lipinski definition) is 4. The van der Waals surface area contributed by atoms with E-state index in [4.69, 9.17) is 4.74 Å². The molecule has 2 aromatic rings. The zero-order valence-corrected chi connectivity index (χ0v) is 12.1. The maximum atomic E-state index is 12.1. The van der Waals surface area contributed by atoms with Gasteiger partial charge in [0.2, 0.25) is 0 Å². The molecule has 116 valence electrons. The molecular weight excluding hydrogens is 286 g/mol. The summed E-state index contributed by atoms with van der Waals surface area (Å²) in [5.41, 5.74) is 0.667. The minimum atomic E-state index is -1.13. The highest BCUT2D eigenvalue weighted by atomic mass is 16.5. The van der Waals surface area contributed by atoms with Gasteiger partial charge in [-0.25, -0.2) is 4.79 Å². The van der Waals surface area contributed by atoms with Gasteiger partial charge in [0, 0.05) is 13.3 Å². The second-order valence-corrected chi connectivity index (χ2v) is 4.61. The second-order valence-electron chi connectivity index (χ2n) is 4.61. The first-order chi connectivity index (χ1) is 10.6. The lowest BCUT2D eigenvalue weighted by atomic mass is 10.1. The molecular formula is C15H17N3O4. The minimum absolute atomic E-state index is 0.165. The Kier molecular flexibility index (Phi) is 5.26. The maximum absolute atomic E-state index is 12.1. The number of aliphatic carboxylic acids is 1. The summed E-state index contributed by atoms with van der Waals surface area (Å²) < 4.78 is 6.50. The number of benzene rings is 1. The first-order valence-electron chi connectivity index (χ1n) is 6.73. The standard InChI is InChI=1S/C15H17N3O4/c1-22-10-9-18-8-7-12(17-18)14(19)16-13(15(20)21)11-5-3-2-4-6-11/h2-8,13H,9-10H2,1H3,(H,16,19)(H,20,21)/t13-/m0/s1. The number of hydrogen-bond donors (Lipinski definition) is 2. The molecule has 0 spiro atoms. The molecule has 7 heteroatoms. The molecule has 22 heavy (non-hydrogen) atoms. The molecule has 1 atom stereocenters. The number of carbonyl (C=O) groups is 2. The van der Waals surface area contributed by atoms with E-state index in [-0.39, 0.29) is 5.69 Å². The molecule has 1 amide bonds. The summed E-state index contributed by atoms with van der Waals surface area (Å²) in [5.74, 6) is -1.66. The Morgan fingerprint density at radius 2 is 2.05 bits per heavy atom. The van der Waals surface area contributed by atoms with Gasteiger partial charge in [0.05, 0.1) is 13.2 Å². The second kappa shape index (κ2) is 7.37. The quantitative estimate of drug-likeness (QED) is 0.798. The van der Waals surface area contributed by atoms with Crippen LogP contribution < -0.4 is 5.32 Å². The predicted molar refractivity (Wildman–Crippen MR) is 78.4 cm³/mol. The van der Waals surface area contributed by atoms with E-state index in [1.54, 1.807) is 48.3 Å². The van der Waals surface area contributed by atoms with Crippen LogP contribution in [0.2, 0.25) is 0 Å². The topological polar surface area (TPSA) is 93.5 Å². The monoisotopic (exact) mass is 303 g/mol. The van der Waals surface area contributed by atoms with Gasteiger partial charge in [-0.3, -0.25) is 9.48 Å². The highest BCUT2D eigenvalue weighted by Crippen LogP contribution is 2.13. The minimum Gasteiger partial charge on any atom is -0.479 e. The van der Waals surface area contributed by atoms with Gasteiger partial charge in [-0.05, 0) is 11.6 Å². The Morgan fingerprint density at radius 1 is 1.32 bits per heavy atom. The van der Waals surface area contributed by atoms with E-state index in [2.05, 4.69) is 10.4 Å². The number of rotatable bonds is 7. The Hall–Kier alpha value is -2.67. The van der Waals surface area contributed by atoms with Gasteiger partial charge in [-0.2, -0.15) is 5.10 Å². The molecule has 0 bridgehead atoms. The van der Waals surface area contributed by atoms with Gasteiger partial charge in [0.25, 0.3) is 5.91 Å². The zero-order valence-electron chi connectivity index (χ0n) is 12.1. The molecule has 1 aromatic heterocycles. The maximum Gasteiger partial charge on any atom is 0.330 e. The van der Waals surface area contributed by atoms with Crippen LogP contribution in [0.1, 0.15) is 22.1 Å². The van der Waals surface area contributed by atoms with Crippen LogP contribution in [-0.4, -0.2) is 40.5 Å². The molecule has 7 nitrogen and oxygen atoms in total. The lowest BCUT2D eigenvalue weighted by Crippen LogP contribution is -2.34. The lowest BCUT2D eigenvalue weighted by molar-refractivity contribution is -0.139. The van der Waals surface area contributed by atoms with Crippen molar-refractivity contribution in [2.45, 2.75) is 12.6 Å². The Balaban J connectivity index is 2.08. The van der Waals surface area contributed by atoms with Crippen molar-refractivity contribution in [3.63, 3.8) is 0 Å². The summed E-state index contributed by atoms with van der Waals surface area (Å²) >= 11 is 0. The molecule has 0 radical (unpaired) electrons. The number of carboxylic acid groups (broad SMARTS) is 1. The summed E-state index contributed by atoms with van der Waals surface area (Å²) in [7, 11) is 1.58. The SMILES string of the molecule is COCCn1ccc(C(=O)N[C@H](C(=O)O)c2ccccc2)n1. The van der Waals surface area contributed by atoms with E-state index in [1.165, 1.54) is 6.07 Å². The third kappa shape index (κ3) is 3.92. The summed E-state index contributed by atoms with van der Waals surface area (Å²) in [6.45, 7) is 0.995. The van der Waals surface area contributed by atoms with Gasteiger partial charge in [-0.15, -0.1) is 0 Å². The summed E-state index contributed by atoms with van der Waals surface area (Å²) in [6, 6.07) is 8.94. The largest absolute Gasteiger partial charge is 0.479 e. The van der Waals surface area contributed by atoms with Gasteiger partial charge >= 0.3 is 5.97 Å². The molecule has 2 N–H and O–H groups in total. The molecule has 0 aliphatic rings. The number of carboxylic acids is 1. The number of amides is 1. The van der Waals surface area contributed by atoms with Crippen LogP contribution in [0.25, 0.3) is 0 Å². The number of ether oxygens (including phenoxy) is 1. The van der Waals surface area contributed by atoms with Crippen molar-refractivity contribution in [2.75, 3.05) is 13.7 Å². The van der Waals surface area contributed by atoms with Crippen molar-refractivity contribution >= 4 is 11.9 Å². The Morgan fingerprint density at radius 3 is 2.68 bits per heavy atom. The fourth-order valence-corrected chi connectivity index (χ4v) is 1.93. The van der Waals surface area contributed by atoms with Crippen LogP contribution in [0.3, 0.4) is 0 Å². The van der Waals surface area contributed by atoms with Crippen molar-refractivity contribution in [3.8, 4) is 0 Å². The molecule has 0 aliphatic heterocycles. The number of aromatic nitrogens is 2. The average Bonchev–Trinajstić information content (AvgIpc) is 3.00. The van der Waals surface area contributed by atoms with Crippen molar-refractivity contribution in [1.29, 1.82) is 0 Å². The van der Waals surface area contributed by atoms with E-state index in [1.807, 2.05) is 0 Å². The van der Waals surface area contributed by atoms with Crippen molar-refractivity contribution in [2.24, 2.45) is 0 Å². The highest BCUT2D eigenvalue weighted by molar-refractivity contribution is 5.95. The molecule has 0 saturated carbocycles. The van der Waals surface area contributed by atoms with Gasteiger partial charge in [0.1, 0.15) is 5.69 Å². The normalized spacial score (nSPS) is 11.9. The number of methoxy groups -OCH3 is 1. The van der Waals surface area contributed by atoms with E-state index < -0.39 is 17.9 Å². The van der Waals surface area contributed by atoms with Gasteiger partial charge < -0.3 is 15.2 Å². The summed E-state index contributed by atoms with van der Waals surface area (Å²) in [6.07, 6.45) is 1.65. The van der Waals surface area contributed by atoms with Crippen LogP contribution in [0.4, 0.5) is 0 Å². The smallest absolute Gasteiger partial charge is 0.330 e. The summed E-state index contributed by atoms with van der Waals surface area (Å²) in [4.78, 5) is 23.5. The zero-order chi connectivity index (χ0) is 15.9. The lowest BCUT2D eigenvalue weighted by Gasteiger charge is -2.13. The first kappa shape index (κ1) is 15.7. The first-order valence-corrected chi connectivity index (χ1v) is 6.73. The number of nitrogens with zero attached hydrogens (tertiary/aromatic N) is 2. The third-order valence-electron chi connectivity index (χ3n) is 3.05. The van der Waals surface area contributed by atoms with Crippen molar-refractivity contribution in [3.05, 3.63) is 53.9 Å². The van der Waals surface area contributed by atoms with Gasteiger partial charge in [0.15, 0.2) is 6.04 Å². The third-order valence-corrected chi connectivity index (χ3v) is 3.05. The fraction of sp³-hybridized carbons (Fsp3) is 0.267. The fourth-order valence-electron chi connectivity index (χ4n) is 1.93. The van der Waals surface area contributed by atoms with E-state index in [0.717, 1.165) is 0 Å². The van der Waals surface area contributed by atoms with Crippen LogP contribution in [0.15, 0.2) is 42.6 Å². The van der Waals surface area contributed by atoms with E-state index in [9.17, 15) is 14.7 Å². The molecule has 0 fully saturated rings. The van der Waals surface area contributed by atoms with Crippen molar-refractivity contribution in [1.82, 2.24) is 15.1 Å². The number of carbonyl (C=O) groups excluding carboxylic acids is 1. The van der Waals surface area contributed by atoms with E-state index in [0.29, 0.717) is 18.7 Å². The Bertz CT molecular complexity index is 639. The Labute approximate surface area is 127 Å². The molecule has 0 aliphatic carbocycles. The molecule has 1 heterocycles. The molecule has 2 rings (SSSR count). The predicted octanol–water partition coefficient (Wildman–Crippen LogP) is 1.09. The summed E-state index contributed by atoms with van der Waals surface area (Å²) in [5, 5.41) is 15.8. The highest BCUT2D eigenvalue weighted by Gasteiger charge is 2.23. The van der Waals surface area contributed by atoms with E-state index >= 15 is 0 Å². The number of nitrogens with one attached hydrogen (secondary N) is 1. The molecule has 0 saturated heterocycles. The van der Waals surface area contributed by atoms with Crippen LogP contribution in [0.5, 0.6) is 0 Å². The van der Waals surface area contributed by atoms with Crippen LogP contribution >= 0.6 is 0 Å². The van der Waals surface area contributed by atoms with Crippen LogP contribution in [0, 0.1) is 0 Å². The van der Waals surface area contributed by atoms with Crippen LogP contribution in [-0.2, 0) is 16.1 Å².